The number of carbonyl (C=O) groups excluding carboxylic acids is 1. The highest BCUT2D eigenvalue weighted by atomic mass is 35.5. The standard InChI is InChI=1S/C8H10ClNOS/c1-2-7-5(9)3-8(12-7)6(11)4-10/h3H,2,4,10H2,1H3. The molecule has 12 heavy (non-hydrogen) atoms. The quantitative estimate of drug-likeness (QED) is 0.765. The Hall–Kier alpha value is -0.380. The van der Waals surface area contributed by atoms with E-state index in [9.17, 15) is 4.79 Å². The van der Waals surface area contributed by atoms with Gasteiger partial charge in [-0.2, -0.15) is 0 Å². The van der Waals surface area contributed by atoms with Crippen LogP contribution in [-0.4, -0.2) is 12.3 Å². The Balaban J connectivity index is 2.96. The first kappa shape index (κ1) is 9.71. The molecule has 0 aromatic carbocycles. The third kappa shape index (κ3) is 1.86. The Morgan fingerprint density at radius 2 is 2.42 bits per heavy atom. The fourth-order valence-corrected chi connectivity index (χ4v) is 2.25. The SMILES string of the molecule is CCc1sc(C(=O)CN)cc1Cl. The molecule has 0 amide bonds. The van der Waals surface area contributed by atoms with Crippen molar-refractivity contribution in [3.8, 4) is 0 Å². The second-order valence-electron chi connectivity index (χ2n) is 2.36. The van der Waals surface area contributed by atoms with Crippen molar-refractivity contribution >= 4 is 28.7 Å². The minimum absolute atomic E-state index is 0.0402. The van der Waals surface area contributed by atoms with Gasteiger partial charge in [0.15, 0.2) is 5.78 Å². The molecule has 1 rings (SSSR count). The molecule has 0 aliphatic rings. The van der Waals surface area contributed by atoms with Crippen molar-refractivity contribution in [1.82, 2.24) is 0 Å². The lowest BCUT2D eigenvalue weighted by Gasteiger charge is -1.88. The Morgan fingerprint density at radius 3 is 2.83 bits per heavy atom. The van der Waals surface area contributed by atoms with Crippen molar-refractivity contribution in [2.24, 2.45) is 5.73 Å². The Kier molecular flexibility index (Phi) is 3.26. The molecule has 2 nitrogen and oxygen atoms in total. The first-order valence-corrected chi connectivity index (χ1v) is 4.90. The van der Waals surface area contributed by atoms with Crippen molar-refractivity contribution in [1.29, 1.82) is 0 Å². The number of hydrogen-bond acceptors (Lipinski definition) is 3. The zero-order valence-electron chi connectivity index (χ0n) is 6.76. The lowest BCUT2D eigenvalue weighted by molar-refractivity contribution is 0.100. The smallest absolute Gasteiger partial charge is 0.186 e. The van der Waals surface area contributed by atoms with Gasteiger partial charge in [-0.25, -0.2) is 0 Å². The molecular weight excluding hydrogens is 194 g/mol. The molecule has 0 aliphatic carbocycles. The second kappa shape index (κ2) is 4.03. The molecule has 0 radical (unpaired) electrons. The van der Waals surface area contributed by atoms with Crippen molar-refractivity contribution in [3.63, 3.8) is 0 Å². The third-order valence-corrected chi connectivity index (χ3v) is 3.31. The van der Waals surface area contributed by atoms with Gasteiger partial charge in [0.2, 0.25) is 0 Å². The molecule has 66 valence electrons. The first-order valence-electron chi connectivity index (χ1n) is 3.70. The number of nitrogens with two attached hydrogens (primary N) is 1. The zero-order chi connectivity index (χ0) is 9.14. The highest BCUT2D eigenvalue weighted by Gasteiger charge is 2.10. The maximum Gasteiger partial charge on any atom is 0.186 e. The van der Waals surface area contributed by atoms with Gasteiger partial charge in [-0.3, -0.25) is 4.79 Å². The Bertz CT molecular complexity index is 295. The molecule has 0 spiro atoms. The van der Waals surface area contributed by atoms with Gasteiger partial charge in [-0.15, -0.1) is 11.3 Å². The minimum atomic E-state index is -0.0402. The number of aryl methyl sites for hydroxylation is 1. The van der Waals surface area contributed by atoms with Crippen LogP contribution in [0.2, 0.25) is 5.02 Å². The van der Waals surface area contributed by atoms with Crippen molar-refractivity contribution in [2.75, 3.05) is 6.54 Å². The number of rotatable bonds is 3. The summed E-state index contributed by atoms with van der Waals surface area (Å²) in [7, 11) is 0. The topological polar surface area (TPSA) is 43.1 Å². The third-order valence-electron chi connectivity index (χ3n) is 1.54. The number of hydrogen-bond donors (Lipinski definition) is 1. The van der Waals surface area contributed by atoms with Crippen LogP contribution in [0.3, 0.4) is 0 Å². The van der Waals surface area contributed by atoms with Gasteiger partial charge < -0.3 is 5.73 Å². The average molecular weight is 204 g/mol. The van der Waals surface area contributed by atoms with E-state index in [4.69, 9.17) is 17.3 Å². The van der Waals surface area contributed by atoms with Crippen LogP contribution >= 0.6 is 22.9 Å². The summed E-state index contributed by atoms with van der Waals surface area (Å²) in [6.07, 6.45) is 0.862. The second-order valence-corrected chi connectivity index (χ2v) is 3.91. The fourth-order valence-electron chi connectivity index (χ4n) is 0.886. The summed E-state index contributed by atoms with van der Waals surface area (Å²) in [5.41, 5.74) is 5.22. The highest BCUT2D eigenvalue weighted by molar-refractivity contribution is 7.14. The van der Waals surface area contributed by atoms with Crippen molar-refractivity contribution < 1.29 is 4.79 Å². The van der Waals surface area contributed by atoms with Crippen molar-refractivity contribution in [2.45, 2.75) is 13.3 Å². The van der Waals surface area contributed by atoms with E-state index in [0.717, 1.165) is 11.3 Å². The van der Waals surface area contributed by atoms with Crippen LogP contribution in [0, 0.1) is 0 Å². The summed E-state index contributed by atoms with van der Waals surface area (Å²) in [6.45, 7) is 2.06. The van der Waals surface area contributed by atoms with Gasteiger partial charge in [0.1, 0.15) is 0 Å². The van der Waals surface area contributed by atoms with E-state index in [1.807, 2.05) is 6.92 Å². The predicted molar refractivity (Wildman–Crippen MR) is 52.1 cm³/mol. The van der Waals surface area contributed by atoms with Gasteiger partial charge in [0.05, 0.1) is 16.4 Å². The lowest BCUT2D eigenvalue weighted by atomic mass is 10.3. The summed E-state index contributed by atoms with van der Waals surface area (Å²) in [5.74, 6) is -0.0402. The fraction of sp³-hybridized carbons (Fsp3) is 0.375. The molecule has 0 fully saturated rings. The van der Waals surface area contributed by atoms with E-state index < -0.39 is 0 Å². The van der Waals surface area contributed by atoms with Crippen LogP contribution in [0.15, 0.2) is 6.07 Å². The van der Waals surface area contributed by atoms with Crippen LogP contribution in [-0.2, 0) is 6.42 Å². The molecule has 4 heteroatoms. The van der Waals surface area contributed by atoms with Crippen LogP contribution in [0.5, 0.6) is 0 Å². The van der Waals surface area contributed by atoms with Gasteiger partial charge >= 0.3 is 0 Å². The van der Waals surface area contributed by atoms with Crippen LogP contribution < -0.4 is 5.73 Å². The largest absolute Gasteiger partial charge is 0.324 e. The Morgan fingerprint density at radius 1 is 1.75 bits per heavy atom. The van der Waals surface area contributed by atoms with Gasteiger partial charge in [-0.1, -0.05) is 18.5 Å². The number of ketones is 1. The molecule has 1 aromatic rings. The van der Waals surface area contributed by atoms with Crippen molar-refractivity contribution in [3.05, 3.63) is 20.8 Å². The average Bonchev–Trinajstić information content (AvgIpc) is 2.45. The van der Waals surface area contributed by atoms with Gasteiger partial charge in [0, 0.05) is 4.88 Å². The molecule has 0 saturated carbocycles. The monoisotopic (exact) mass is 203 g/mol. The number of Topliss-reactive ketones (excluding diaryl/α,β-unsaturated/α-hetero) is 1. The summed E-state index contributed by atoms with van der Waals surface area (Å²) in [4.78, 5) is 12.8. The molecular formula is C8H10ClNOS. The van der Waals surface area contributed by atoms with Crippen LogP contribution in [0.25, 0.3) is 0 Å². The predicted octanol–water partition coefficient (Wildman–Crippen LogP) is 2.11. The number of carbonyl (C=O) groups is 1. The van der Waals surface area contributed by atoms with E-state index in [0.29, 0.717) is 9.90 Å². The number of halogens is 1. The minimum Gasteiger partial charge on any atom is -0.324 e. The van der Waals surface area contributed by atoms with Crippen LogP contribution in [0.4, 0.5) is 0 Å². The van der Waals surface area contributed by atoms with E-state index in [1.165, 1.54) is 11.3 Å². The molecule has 1 heterocycles. The first-order chi connectivity index (χ1) is 5.69. The van der Waals surface area contributed by atoms with Gasteiger partial charge in [-0.05, 0) is 12.5 Å². The van der Waals surface area contributed by atoms with Gasteiger partial charge in [0.25, 0.3) is 0 Å². The molecule has 0 atom stereocenters. The van der Waals surface area contributed by atoms with E-state index >= 15 is 0 Å². The molecule has 0 unspecified atom stereocenters. The molecule has 0 aliphatic heterocycles. The molecule has 0 bridgehead atoms. The Labute approximate surface area is 80.3 Å². The molecule has 2 N–H and O–H groups in total. The van der Waals surface area contributed by atoms with Crippen LogP contribution in [0.1, 0.15) is 21.5 Å². The molecule has 0 saturated heterocycles. The normalized spacial score (nSPS) is 10.2. The summed E-state index contributed by atoms with van der Waals surface area (Å²) >= 11 is 7.29. The summed E-state index contributed by atoms with van der Waals surface area (Å²) in [5, 5.41) is 0.680. The zero-order valence-corrected chi connectivity index (χ0v) is 8.34. The number of thiophene rings is 1. The van der Waals surface area contributed by atoms with E-state index in [1.54, 1.807) is 6.07 Å². The maximum atomic E-state index is 11.1. The maximum absolute atomic E-state index is 11.1. The molecule has 1 aromatic heterocycles. The highest BCUT2D eigenvalue weighted by Crippen LogP contribution is 2.27. The lowest BCUT2D eigenvalue weighted by Crippen LogP contribution is -2.11. The summed E-state index contributed by atoms with van der Waals surface area (Å²) < 4.78 is 0. The van der Waals surface area contributed by atoms with E-state index in [-0.39, 0.29) is 12.3 Å². The summed E-state index contributed by atoms with van der Waals surface area (Å²) in [6, 6.07) is 1.69. The van der Waals surface area contributed by atoms with E-state index in [2.05, 4.69) is 0 Å².